The minimum Gasteiger partial charge on any atom is -0.388 e. The minimum absolute atomic E-state index is 0.0986. The Hall–Kier alpha value is -0.960. The maximum absolute atomic E-state index is 13.2. The van der Waals surface area contributed by atoms with Crippen molar-refractivity contribution in [1.82, 2.24) is 0 Å². The quantitative estimate of drug-likeness (QED) is 0.843. The summed E-state index contributed by atoms with van der Waals surface area (Å²) in [7, 11) is 0. The average molecular weight is 254 g/mol. The van der Waals surface area contributed by atoms with Crippen LogP contribution in [0, 0.1) is 26.7 Å². The van der Waals surface area contributed by atoms with E-state index in [-0.39, 0.29) is 18.8 Å². The summed E-state index contributed by atoms with van der Waals surface area (Å²) in [6.45, 7) is 5.93. The Bertz CT molecular complexity index is 454. The van der Waals surface area contributed by atoms with E-state index in [0.29, 0.717) is 6.42 Å². The summed E-state index contributed by atoms with van der Waals surface area (Å²) in [6, 6.07) is 3.95. The zero-order chi connectivity index (χ0) is 13.5. The van der Waals surface area contributed by atoms with Crippen LogP contribution in [0.5, 0.6) is 0 Å². The van der Waals surface area contributed by atoms with Crippen molar-refractivity contribution in [3.63, 3.8) is 0 Å². The Morgan fingerprint density at radius 3 is 2.33 bits per heavy atom. The molecule has 0 saturated heterocycles. The molecule has 0 spiro atoms. The zero-order valence-electron chi connectivity index (χ0n) is 11.1. The molecule has 1 saturated carbocycles. The largest absolute Gasteiger partial charge is 0.388 e. The number of aliphatic hydroxyl groups is 1. The van der Waals surface area contributed by atoms with E-state index in [9.17, 15) is 13.9 Å². The number of rotatable bonds is 2. The van der Waals surface area contributed by atoms with Gasteiger partial charge in [0.25, 0.3) is 0 Å². The van der Waals surface area contributed by atoms with Gasteiger partial charge in [-0.2, -0.15) is 0 Å². The molecule has 2 atom stereocenters. The molecule has 0 radical (unpaired) electrons. The van der Waals surface area contributed by atoms with Crippen LogP contribution in [-0.4, -0.2) is 11.0 Å². The van der Waals surface area contributed by atoms with Crippen molar-refractivity contribution < 1.29 is 13.9 Å². The number of benzene rings is 1. The highest BCUT2D eigenvalue weighted by Gasteiger charge is 2.42. The molecule has 0 aromatic heterocycles. The summed E-state index contributed by atoms with van der Waals surface area (Å²) in [5.41, 5.74) is 4.06. The fourth-order valence-corrected chi connectivity index (χ4v) is 2.81. The third-order valence-electron chi connectivity index (χ3n) is 4.09. The van der Waals surface area contributed by atoms with Gasteiger partial charge in [0, 0.05) is 12.8 Å². The van der Waals surface area contributed by atoms with Gasteiger partial charge in [0.1, 0.15) is 0 Å². The Morgan fingerprint density at radius 1 is 1.17 bits per heavy atom. The number of aryl methyl sites for hydroxylation is 3. The lowest BCUT2D eigenvalue weighted by molar-refractivity contribution is -0.00517. The van der Waals surface area contributed by atoms with Crippen LogP contribution in [-0.2, 0) is 0 Å². The summed E-state index contributed by atoms with van der Waals surface area (Å²) < 4.78 is 26.4. The van der Waals surface area contributed by atoms with Gasteiger partial charge in [-0.05, 0) is 55.4 Å². The van der Waals surface area contributed by atoms with Gasteiger partial charge in [-0.3, -0.25) is 0 Å². The molecule has 1 nitrogen and oxygen atoms in total. The highest BCUT2D eigenvalue weighted by molar-refractivity contribution is 5.38. The third kappa shape index (κ3) is 2.56. The summed E-state index contributed by atoms with van der Waals surface area (Å²) >= 11 is 0. The Kier molecular flexibility index (Phi) is 3.45. The molecular formula is C15H20F2O. The van der Waals surface area contributed by atoms with Crippen molar-refractivity contribution in [1.29, 1.82) is 0 Å². The smallest absolute Gasteiger partial charge is 0.248 e. The molecule has 1 N–H and O–H groups in total. The molecule has 2 unspecified atom stereocenters. The molecule has 0 heterocycles. The summed E-state index contributed by atoms with van der Waals surface area (Å²) in [6.07, 6.45) is -0.655. The number of halogens is 2. The van der Waals surface area contributed by atoms with Crippen molar-refractivity contribution in [3.8, 4) is 0 Å². The third-order valence-corrected chi connectivity index (χ3v) is 4.09. The molecule has 0 aliphatic heterocycles. The molecule has 18 heavy (non-hydrogen) atoms. The van der Waals surface area contributed by atoms with Crippen LogP contribution in [0.3, 0.4) is 0 Å². The van der Waals surface area contributed by atoms with Gasteiger partial charge in [-0.15, -0.1) is 0 Å². The lowest BCUT2D eigenvalue weighted by Gasteiger charge is -2.21. The monoisotopic (exact) mass is 254 g/mol. The zero-order valence-corrected chi connectivity index (χ0v) is 11.1. The number of aliphatic hydroxyl groups excluding tert-OH is 1. The van der Waals surface area contributed by atoms with Crippen LogP contribution in [0.4, 0.5) is 8.78 Å². The molecule has 0 bridgehead atoms. The van der Waals surface area contributed by atoms with Gasteiger partial charge in [-0.1, -0.05) is 12.1 Å². The first-order valence-corrected chi connectivity index (χ1v) is 6.44. The second-order valence-corrected chi connectivity index (χ2v) is 5.60. The van der Waals surface area contributed by atoms with Gasteiger partial charge in [0.2, 0.25) is 5.92 Å². The lowest BCUT2D eigenvalue weighted by atomic mass is 9.89. The predicted octanol–water partition coefficient (Wildman–Crippen LogP) is 4.08. The Balaban J connectivity index is 2.24. The van der Waals surface area contributed by atoms with E-state index in [4.69, 9.17) is 0 Å². The van der Waals surface area contributed by atoms with Crippen molar-refractivity contribution in [2.75, 3.05) is 0 Å². The lowest BCUT2D eigenvalue weighted by Crippen LogP contribution is -2.15. The van der Waals surface area contributed by atoms with Gasteiger partial charge in [0.05, 0.1) is 6.10 Å². The SMILES string of the molecule is Cc1cc(C)c(C(O)C2CCC(F)(F)C2)cc1C. The van der Waals surface area contributed by atoms with E-state index in [1.165, 1.54) is 5.56 Å². The van der Waals surface area contributed by atoms with E-state index in [1.54, 1.807) is 0 Å². The highest BCUT2D eigenvalue weighted by Crippen LogP contribution is 2.45. The van der Waals surface area contributed by atoms with Crippen molar-refractivity contribution in [2.45, 2.75) is 52.1 Å². The first kappa shape index (κ1) is 13.5. The second kappa shape index (κ2) is 4.61. The molecule has 1 fully saturated rings. The standard InChI is InChI=1S/C15H20F2O/c1-9-6-11(3)13(7-10(9)2)14(18)12-4-5-15(16,17)8-12/h6-7,12,14,18H,4-5,8H2,1-3H3. The fraction of sp³-hybridized carbons (Fsp3) is 0.600. The number of alkyl halides is 2. The number of hydrogen-bond acceptors (Lipinski definition) is 1. The van der Waals surface area contributed by atoms with Crippen LogP contribution in [0.2, 0.25) is 0 Å². The van der Waals surface area contributed by atoms with E-state index in [0.717, 1.165) is 16.7 Å². The first-order valence-electron chi connectivity index (χ1n) is 6.44. The van der Waals surface area contributed by atoms with Crippen molar-refractivity contribution in [2.24, 2.45) is 5.92 Å². The molecule has 1 aliphatic carbocycles. The summed E-state index contributed by atoms with van der Waals surface area (Å²) in [4.78, 5) is 0. The van der Waals surface area contributed by atoms with Crippen LogP contribution < -0.4 is 0 Å². The minimum atomic E-state index is -2.60. The summed E-state index contributed by atoms with van der Waals surface area (Å²) in [5.74, 6) is -2.92. The van der Waals surface area contributed by atoms with Crippen molar-refractivity contribution in [3.05, 3.63) is 34.4 Å². The van der Waals surface area contributed by atoms with Crippen LogP contribution in [0.15, 0.2) is 12.1 Å². The van der Waals surface area contributed by atoms with Crippen LogP contribution in [0.1, 0.15) is 47.6 Å². The fourth-order valence-electron chi connectivity index (χ4n) is 2.81. The summed E-state index contributed by atoms with van der Waals surface area (Å²) in [5, 5.41) is 10.3. The van der Waals surface area contributed by atoms with Crippen LogP contribution >= 0.6 is 0 Å². The van der Waals surface area contributed by atoms with Crippen molar-refractivity contribution >= 4 is 0 Å². The van der Waals surface area contributed by atoms with Gasteiger partial charge in [0.15, 0.2) is 0 Å². The van der Waals surface area contributed by atoms with Gasteiger partial charge in [-0.25, -0.2) is 8.78 Å². The molecule has 1 aromatic carbocycles. The van der Waals surface area contributed by atoms with E-state index < -0.39 is 12.0 Å². The maximum Gasteiger partial charge on any atom is 0.248 e. The predicted molar refractivity (Wildman–Crippen MR) is 67.9 cm³/mol. The molecule has 100 valence electrons. The average Bonchev–Trinajstić information content (AvgIpc) is 2.63. The van der Waals surface area contributed by atoms with E-state index >= 15 is 0 Å². The maximum atomic E-state index is 13.2. The molecule has 1 aliphatic rings. The van der Waals surface area contributed by atoms with E-state index in [2.05, 4.69) is 0 Å². The molecule has 3 heteroatoms. The molecule has 2 rings (SSSR count). The van der Waals surface area contributed by atoms with Gasteiger partial charge < -0.3 is 5.11 Å². The van der Waals surface area contributed by atoms with E-state index in [1.807, 2.05) is 32.9 Å². The van der Waals surface area contributed by atoms with Crippen LogP contribution in [0.25, 0.3) is 0 Å². The normalized spacial score (nSPS) is 24.2. The Morgan fingerprint density at radius 2 is 1.78 bits per heavy atom. The Labute approximate surface area is 107 Å². The topological polar surface area (TPSA) is 20.2 Å². The first-order chi connectivity index (χ1) is 8.30. The molecule has 0 amide bonds. The second-order valence-electron chi connectivity index (χ2n) is 5.60. The molecular weight excluding hydrogens is 234 g/mol. The highest BCUT2D eigenvalue weighted by atomic mass is 19.3. The van der Waals surface area contributed by atoms with Gasteiger partial charge >= 0.3 is 0 Å². The molecule has 1 aromatic rings. The number of hydrogen-bond donors (Lipinski definition) is 1.